The third-order valence-corrected chi connectivity index (χ3v) is 5.93. The molecule has 1 aliphatic heterocycles. The Balaban J connectivity index is 1.79. The molecule has 0 saturated heterocycles. The first-order valence-electron chi connectivity index (χ1n) is 8.71. The van der Waals surface area contributed by atoms with Gasteiger partial charge in [0, 0.05) is 36.8 Å². The van der Waals surface area contributed by atoms with Crippen molar-refractivity contribution in [2.75, 3.05) is 5.75 Å². The summed E-state index contributed by atoms with van der Waals surface area (Å²) < 4.78 is 50.3. The van der Waals surface area contributed by atoms with Crippen molar-refractivity contribution in [2.45, 2.75) is 31.9 Å². The molecule has 2 heterocycles. The van der Waals surface area contributed by atoms with Gasteiger partial charge in [-0.2, -0.15) is 0 Å². The Morgan fingerprint density at radius 1 is 1.14 bits per heavy atom. The summed E-state index contributed by atoms with van der Waals surface area (Å²) in [6.07, 6.45) is 4.70. The zero-order valence-corrected chi connectivity index (χ0v) is 16.1. The lowest BCUT2D eigenvalue weighted by atomic mass is 10.0. The van der Waals surface area contributed by atoms with Crippen LogP contribution in [0.4, 0.5) is 8.78 Å². The van der Waals surface area contributed by atoms with Crippen LogP contribution in [0.1, 0.15) is 23.6 Å². The van der Waals surface area contributed by atoms with E-state index in [0.717, 1.165) is 17.9 Å². The molecule has 1 aromatic heterocycles. The lowest BCUT2D eigenvalue weighted by molar-refractivity contribution is -0.132. The van der Waals surface area contributed by atoms with E-state index in [9.17, 15) is 22.0 Å². The first kappa shape index (κ1) is 20.1. The summed E-state index contributed by atoms with van der Waals surface area (Å²) in [5, 5.41) is 1.13. The van der Waals surface area contributed by atoms with Crippen LogP contribution in [0.5, 0.6) is 0 Å². The number of benzene rings is 1. The molecule has 0 N–H and O–H groups in total. The van der Waals surface area contributed by atoms with Crippen molar-refractivity contribution in [3.05, 3.63) is 77.0 Å². The van der Waals surface area contributed by atoms with Gasteiger partial charge < -0.3 is 4.90 Å². The van der Waals surface area contributed by atoms with Crippen LogP contribution in [-0.4, -0.2) is 36.0 Å². The minimum absolute atomic E-state index is 0.00889. The maximum Gasteiger partial charge on any atom is 0.270 e. The number of halogens is 2. The fraction of sp³-hybridized carbons (Fsp3) is 0.300. The van der Waals surface area contributed by atoms with E-state index in [4.69, 9.17) is 0 Å². The number of hydrogen-bond donors (Lipinski definition) is 0. The maximum atomic E-state index is 13.4. The first-order chi connectivity index (χ1) is 13.1. The molecule has 8 heteroatoms. The number of carbonyl (C=O) groups excluding carboxylic acids is 1. The molecule has 1 atom stereocenters. The van der Waals surface area contributed by atoms with Gasteiger partial charge in [0.25, 0.3) is 5.92 Å². The number of pyridine rings is 1. The van der Waals surface area contributed by atoms with E-state index in [1.165, 1.54) is 35.2 Å². The topological polar surface area (TPSA) is 67.3 Å². The zero-order chi connectivity index (χ0) is 20.4. The average Bonchev–Trinajstić information content (AvgIpc) is 2.99. The highest BCUT2D eigenvalue weighted by Gasteiger charge is 2.30. The highest BCUT2D eigenvalue weighted by atomic mass is 32.2. The van der Waals surface area contributed by atoms with Crippen molar-refractivity contribution in [1.29, 1.82) is 0 Å². The predicted molar refractivity (Wildman–Crippen MR) is 101 cm³/mol. The molecular weight excluding hydrogens is 386 g/mol. The Kier molecular flexibility index (Phi) is 5.60. The average molecular weight is 406 g/mol. The highest BCUT2D eigenvalue weighted by molar-refractivity contribution is 7.94. The van der Waals surface area contributed by atoms with Gasteiger partial charge in [0.05, 0.1) is 18.2 Å². The molecule has 0 radical (unpaired) electrons. The highest BCUT2D eigenvalue weighted by Crippen LogP contribution is 2.27. The number of alkyl halides is 2. The number of carbonyl (C=O) groups is 1. The Morgan fingerprint density at radius 3 is 2.32 bits per heavy atom. The summed E-state index contributed by atoms with van der Waals surface area (Å²) >= 11 is 0. The van der Waals surface area contributed by atoms with E-state index in [2.05, 4.69) is 4.98 Å². The minimum atomic E-state index is -3.33. The molecule has 0 bridgehead atoms. The van der Waals surface area contributed by atoms with Crippen LogP contribution < -0.4 is 0 Å². The number of amides is 1. The molecule has 5 nitrogen and oxygen atoms in total. The summed E-state index contributed by atoms with van der Waals surface area (Å²) in [5.74, 6) is -3.39. The molecular formula is C20H20F2N2O3S. The van der Waals surface area contributed by atoms with Gasteiger partial charge in [0.15, 0.2) is 9.84 Å². The second-order valence-corrected chi connectivity index (χ2v) is 8.80. The predicted octanol–water partition coefficient (Wildman–Crippen LogP) is 3.08. The summed E-state index contributed by atoms with van der Waals surface area (Å²) in [6, 6.07) is 8.54. The number of rotatable bonds is 6. The molecule has 1 aromatic carbocycles. The molecule has 2 aromatic rings. The van der Waals surface area contributed by atoms with Gasteiger partial charge in [0.1, 0.15) is 0 Å². The van der Waals surface area contributed by atoms with Gasteiger partial charge in [0.2, 0.25) is 5.91 Å². The number of hydrogen-bond acceptors (Lipinski definition) is 4. The standard InChI is InChI=1S/C20H20F2N2O3S/c1-20(21,22)17-4-2-15(3-5-17)12-19(25)24(13-16-6-9-23-10-7-16)18-8-11-28(26,27)14-18/h2-11,18H,12-14H2,1H3. The van der Waals surface area contributed by atoms with Gasteiger partial charge in [-0.05, 0) is 29.3 Å². The molecule has 3 rings (SSSR count). The fourth-order valence-electron chi connectivity index (χ4n) is 3.02. The van der Waals surface area contributed by atoms with E-state index in [1.807, 2.05) is 0 Å². The number of aromatic nitrogens is 1. The van der Waals surface area contributed by atoms with Crippen molar-refractivity contribution >= 4 is 15.7 Å². The summed E-state index contributed by atoms with van der Waals surface area (Å²) in [6.45, 7) is 1.05. The van der Waals surface area contributed by atoms with Crippen LogP contribution in [0.3, 0.4) is 0 Å². The molecule has 0 saturated carbocycles. The van der Waals surface area contributed by atoms with Crippen LogP contribution in [0.25, 0.3) is 0 Å². The Morgan fingerprint density at radius 2 is 1.79 bits per heavy atom. The third-order valence-electron chi connectivity index (χ3n) is 4.55. The number of nitrogens with zero attached hydrogens (tertiary/aromatic N) is 2. The van der Waals surface area contributed by atoms with E-state index >= 15 is 0 Å². The molecule has 1 unspecified atom stereocenters. The molecule has 0 aliphatic carbocycles. The molecule has 148 valence electrons. The largest absolute Gasteiger partial charge is 0.331 e. The van der Waals surface area contributed by atoms with Crippen LogP contribution in [0.2, 0.25) is 0 Å². The summed E-state index contributed by atoms with van der Waals surface area (Å²) in [4.78, 5) is 18.4. The van der Waals surface area contributed by atoms with E-state index in [1.54, 1.807) is 24.5 Å². The lowest BCUT2D eigenvalue weighted by Gasteiger charge is -2.28. The van der Waals surface area contributed by atoms with Crippen LogP contribution in [-0.2, 0) is 33.5 Å². The van der Waals surface area contributed by atoms with Crippen molar-refractivity contribution in [1.82, 2.24) is 9.88 Å². The van der Waals surface area contributed by atoms with Crippen LogP contribution >= 0.6 is 0 Å². The van der Waals surface area contributed by atoms with Gasteiger partial charge in [-0.3, -0.25) is 9.78 Å². The molecule has 1 amide bonds. The quantitative estimate of drug-likeness (QED) is 0.740. The molecule has 0 spiro atoms. The maximum absolute atomic E-state index is 13.4. The monoisotopic (exact) mass is 406 g/mol. The van der Waals surface area contributed by atoms with Crippen LogP contribution in [0, 0.1) is 0 Å². The van der Waals surface area contributed by atoms with E-state index in [-0.39, 0.29) is 30.2 Å². The van der Waals surface area contributed by atoms with Gasteiger partial charge in [-0.25, -0.2) is 17.2 Å². The Hall–Kier alpha value is -2.61. The van der Waals surface area contributed by atoms with Crippen molar-refractivity contribution in [3.8, 4) is 0 Å². The SMILES string of the molecule is CC(F)(F)c1ccc(CC(=O)N(Cc2ccncc2)C2C=CS(=O)(=O)C2)cc1. The second-order valence-electron chi connectivity index (χ2n) is 6.86. The van der Waals surface area contributed by atoms with Gasteiger partial charge in [-0.15, -0.1) is 0 Å². The third kappa shape index (κ3) is 5.01. The second kappa shape index (κ2) is 7.79. The molecule has 28 heavy (non-hydrogen) atoms. The molecule has 1 aliphatic rings. The van der Waals surface area contributed by atoms with Crippen LogP contribution in [0.15, 0.2) is 60.3 Å². The van der Waals surface area contributed by atoms with Crippen molar-refractivity contribution < 1.29 is 22.0 Å². The Bertz CT molecular complexity index is 969. The van der Waals surface area contributed by atoms with Gasteiger partial charge in [-0.1, -0.05) is 24.3 Å². The summed E-state index contributed by atoms with van der Waals surface area (Å²) in [5.41, 5.74) is 1.28. The normalized spacial score (nSPS) is 18.2. The zero-order valence-electron chi connectivity index (χ0n) is 15.3. The van der Waals surface area contributed by atoms with Crippen molar-refractivity contribution in [2.24, 2.45) is 0 Å². The summed E-state index contributed by atoms with van der Waals surface area (Å²) in [7, 11) is -3.33. The fourth-order valence-corrected chi connectivity index (χ4v) is 4.32. The molecule has 0 fully saturated rings. The van der Waals surface area contributed by atoms with Crippen molar-refractivity contribution in [3.63, 3.8) is 0 Å². The first-order valence-corrected chi connectivity index (χ1v) is 10.4. The Labute approximate surface area is 162 Å². The van der Waals surface area contributed by atoms with E-state index in [0.29, 0.717) is 5.56 Å². The van der Waals surface area contributed by atoms with Gasteiger partial charge >= 0.3 is 0 Å². The lowest BCUT2D eigenvalue weighted by Crippen LogP contribution is -2.41. The minimum Gasteiger partial charge on any atom is -0.331 e. The smallest absolute Gasteiger partial charge is 0.270 e. The van der Waals surface area contributed by atoms with E-state index < -0.39 is 21.8 Å². The number of sulfone groups is 1.